The summed E-state index contributed by atoms with van der Waals surface area (Å²) in [6.07, 6.45) is 2.49. The second kappa shape index (κ2) is 2.57. The zero-order chi connectivity index (χ0) is 8.43. The molecule has 0 saturated carbocycles. The van der Waals surface area contributed by atoms with E-state index in [1.54, 1.807) is 13.0 Å². The molecule has 1 rings (SSSR count). The molecule has 0 aliphatic heterocycles. The lowest BCUT2D eigenvalue weighted by molar-refractivity contribution is -0.605. The first-order valence-electron chi connectivity index (χ1n) is 3.10. The molecule has 0 fully saturated rings. The summed E-state index contributed by atoms with van der Waals surface area (Å²) in [6.45, 7) is 1.72. The van der Waals surface area contributed by atoms with Crippen LogP contribution in [0, 0.1) is 12.1 Å². The van der Waals surface area contributed by atoms with Crippen LogP contribution in [-0.2, 0) is 0 Å². The molecule has 2 N–H and O–H groups in total. The van der Waals surface area contributed by atoms with Crippen LogP contribution in [0.15, 0.2) is 18.5 Å². The minimum atomic E-state index is -0.576. The van der Waals surface area contributed by atoms with E-state index < -0.39 is 5.91 Å². The van der Waals surface area contributed by atoms with Crippen molar-refractivity contribution in [2.24, 2.45) is 5.73 Å². The number of hydrogen-bond acceptors (Lipinski definition) is 2. The summed E-state index contributed by atoms with van der Waals surface area (Å²) in [6, 6.07) is 1.55. The van der Waals surface area contributed by atoms with Crippen molar-refractivity contribution in [3.63, 3.8) is 0 Å². The van der Waals surface area contributed by atoms with Crippen LogP contribution in [0.4, 0.5) is 0 Å². The SMILES string of the molecule is Cc1cc[n+]([O-])cc1C(N)=O. The Bertz CT molecular complexity index is 296. The Hall–Kier alpha value is -1.58. The lowest BCUT2D eigenvalue weighted by atomic mass is 10.1. The fourth-order valence-electron chi connectivity index (χ4n) is 0.805. The number of hydrogen-bond donors (Lipinski definition) is 1. The van der Waals surface area contributed by atoms with Crippen LogP contribution in [-0.4, -0.2) is 5.91 Å². The lowest BCUT2D eigenvalue weighted by Crippen LogP contribution is -2.28. The maximum atomic E-state index is 10.7. The second-order valence-corrected chi connectivity index (χ2v) is 2.27. The van der Waals surface area contributed by atoms with Crippen molar-refractivity contribution in [1.82, 2.24) is 0 Å². The van der Waals surface area contributed by atoms with Gasteiger partial charge in [0.25, 0.3) is 5.91 Å². The second-order valence-electron chi connectivity index (χ2n) is 2.27. The van der Waals surface area contributed by atoms with Crippen molar-refractivity contribution in [2.45, 2.75) is 6.92 Å². The van der Waals surface area contributed by atoms with E-state index >= 15 is 0 Å². The number of carbonyl (C=O) groups is 1. The summed E-state index contributed by atoms with van der Waals surface area (Å²) in [4.78, 5) is 10.6. The molecule has 0 saturated heterocycles. The zero-order valence-electron chi connectivity index (χ0n) is 6.07. The Kier molecular flexibility index (Phi) is 1.76. The van der Waals surface area contributed by atoms with E-state index in [0.717, 1.165) is 6.20 Å². The van der Waals surface area contributed by atoms with Gasteiger partial charge in [-0.25, -0.2) is 0 Å². The molecule has 1 heterocycles. The molecule has 0 spiro atoms. The number of aryl methyl sites for hydroxylation is 1. The number of nitrogens with two attached hydrogens (primary N) is 1. The van der Waals surface area contributed by atoms with Crippen LogP contribution in [0.1, 0.15) is 15.9 Å². The first kappa shape index (κ1) is 7.53. The van der Waals surface area contributed by atoms with Crippen LogP contribution >= 0.6 is 0 Å². The normalized spacial score (nSPS) is 9.55. The Morgan fingerprint density at radius 1 is 1.73 bits per heavy atom. The predicted octanol–water partition coefficient (Wildman–Crippen LogP) is -0.273. The Morgan fingerprint density at radius 3 is 2.82 bits per heavy atom. The van der Waals surface area contributed by atoms with Gasteiger partial charge in [-0.1, -0.05) is 0 Å². The van der Waals surface area contributed by atoms with E-state index in [-0.39, 0.29) is 5.56 Å². The standard InChI is InChI=1S/C7H8N2O2/c1-5-2-3-9(11)4-6(5)7(8)10/h2-4H,1H3,(H2,8,10). The lowest BCUT2D eigenvalue weighted by Gasteiger charge is -1.99. The minimum absolute atomic E-state index is 0.266. The van der Waals surface area contributed by atoms with E-state index in [4.69, 9.17) is 5.73 Å². The number of rotatable bonds is 1. The Balaban J connectivity index is 3.23. The fraction of sp³-hybridized carbons (Fsp3) is 0.143. The van der Waals surface area contributed by atoms with E-state index in [0.29, 0.717) is 10.3 Å². The molecule has 1 aromatic heterocycles. The highest BCUT2D eigenvalue weighted by Gasteiger charge is 2.07. The van der Waals surface area contributed by atoms with Gasteiger partial charge in [0.05, 0.1) is 0 Å². The van der Waals surface area contributed by atoms with Gasteiger partial charge in [0, 0.05) is 6.07 Å². The molecule has 0 aromatic carbocycles. The van der Waals surface area contributed by atoms with Crippen molar-refractivity contribution in [2.75, 3.05) is 0 Å². The molecule has 0 unspecified atom stereocenters. The van der Waals surface area contributed by atoms with E-state index in [2.05, 4.69) is 0 Å². The molecular formula is C7H8N2O2. The van der Waals surface area contributed by atoms with Crippen LogP contribution in [0.5, 0.6) is 0 Å². The fourth-order valence-corrected chi connectivity index (χ4v) is 0.805. The number of aromatic nitrogens is 1. The zero-order valence-corrected chi connectivity index (χ0v) is 6.07. The van der Waals surface area contributed by atoms with Crippen LogP contribution in [0.2, 0.25) is 0 Å². The first-order valence-corrected chi connectivity index (χ1v) is 3.10. The molecule has 1 aromatic rings. The van der Waals surface area contributed by atoms with E-state index in [9.17, 15) is 10.0 Å². The van der Waals surface area contributed by atoms with Crippen molar-refractivity contribution in [3.8, 4) is 0 Å². The van der Waals surface area contributed by atoms with E-state index in [1.807, 2.05) is 0 Å². The van der Waals surface area contributed by atoms with Crippen LogP contribution in [0.3, 0.4) is 0 Å². The molecule has 0 aliphatic rings. The third kappa shape index (κ3) is 1.46. The number of amides is 1. The van der Waals surface area contributed by atoms with Gasteiger partial charge in [-0.15, -0.1) is 0 Å². The van der Waals surface area contributed by atoms with Gasteiger partial charge in [-0.3, -0.25) is 4.79 Å². The molecule has 0 atom stereocenters. The van der Waals surface area contributed by atoms with Gasteiger partial charge in [0.1, 0.15) is 5.56 Å². The molecule has 11 heavy (non-hydrogen) atoms. The summed E-state index contributed by atoms with van der Waals surface area (Å²) in [5, 5.41) is 10.7. The number of primary amides is 1. The van der Waals surface area contributed by atoms with Gasteiger partial charge in [0.15, 0.2) is 12.4 Å². The highest BCUT2D eigenvalue weighted by molar-refractivity contribution is 5.93. The quantitative estimate of drug-likeness (QED) is 0.444. The van der Waals surface area contributed by atoms with Crippen LogP contribution < -0.4 is 10.5 Å². The summed E-state index contributed by atoms with van der Waals surface area (Å²) < 4.78 is 0.549. The predicted molar refractivity (Wildman–Crippen MR) is 38.7 cm³/mol. The molecular weight excluding hydrogens is 144 g/mol. The van der Waals surface area contributed by atoms with Gasteiger partial charge in [-0.2, -0.15) is 4.73 Å². The van der Waals surface area contributed by atoms with Gasteiger partial charge in [-0.05, 0) is 12.5 Å². The van der Waals surface area contributed by atoms with E-state index in [1.165, 1.54) is 6.20 Å². The Morgan fingerprint density at radius 2 is 2.36 bits per heavy atom. The molecule has 4 nitrogen and oxygen atoms in total. The highest BCUT2D eigenvalue weighted by Crippen LogP contribution is 2.01. The third-order valence-corrected chi connectivity index (χ3v) is 1.42. The highest BCUT2D eigenvalue weighted by atomic mass is 16.5. The van der Waals surface area contributed by atoms with Crippen molar-refractivity contribution < 1.29 is 9.52 Å². The number of pyridine rings is 1. The monoisotopic (exact) mass is 152 g/mol. The van der Waals surface area contributed by atoms with Gasteiger partial charge >= 0.3 is 0 Å². The van der Waals surface area contributed by atoms with Gasteiger partial charge in [0.2, 0.25) is 0 Å². The minimum Gasteiger partial charge on any atom is -0.619 e. The van der Waals surface area contributed by atoms with Crippen molar-refractivity contribution in [1.29, 1.82) is 0 Å². The average Bonchev–Trinajstić information content (AvgIpc) is 1.94. The summed E-state index contributed by atoms with van der Waals surface area (Å²) in [7, 11) is 0. The third-order valence-electron chi connectivity index (χ3n) is 1.42. The van der Waals surface area contributed by atoms with Gasteiger partial charge < -0.3 is 10.9 Å². The van der Waals surface area contributed by atoms with Crippen molar-refractivity contribution >= 4 is 5.91 Å². The molecule has 1 amide bonds. The Labute approximate surface area is 63.8 Å². The molecule has 4 heteroatoms. The topological polar surface area (TPSA) is 70.0 Å². The molecule has 0 radical (unpaired) electrons. The summed E-state index contributed by atoms with van der Waals surface area (Å²) >= 11 is 0. The van der Waals surface area contributed by atoms with Crippen molar-refractivity contribution in [3.05, 3.63) is 34.8 Å². The first-order chi connectivity index (χ1) is 5.11. The molecule has 0 bridgehead atoms. The molecule has 0 aliphatic carbocycles. The number of carbonyl (C=O) groups excluding carboxylic acids is 1. The number of nitrogens with zero attached hydrogens (tertiary/aromatic N) is 1. The molecule has 58 valence electrons. The maximum Gasteiger partial charge on any atom is 0.255 e. The smallest absolute Gasteiger partial charge is 0.255 e. The average molecular weight is 152 g/mol. The van der Waals surface area contributed by atoms with Crippen LogP contribution in [0.25, 0.3) is 0 Å². The summed E-state index contributed by atoms with van der Waals surface area (Å²) in [5.74, 6) is -0.576. The largest absolute Gasteiger partial charge is 0.619 e. The summed E-state index contributed by atoms with van der Waals surface area (Å²) in [5.41, 5.74) is 5.97. The maximum absolute atomic E-state index is 10.7.